The SMILES string of the molecule is CCN(C(=O)c1nc2ccc([N+](=O)[O-])cc2[nH]1)[C@H]1CCC[C@@H](N)C1. The highest BCUT2D eigenvalue weighted by Gasteiger charge is 2.29. The number of imidazole rings is 1. The van der Waals surface area contributed by atoms with Gasteiger partial charge in [-0.05, 0) is 38.7 Å². The minimum Gasteiger partial charge on any atom is -0.334 e. The van der Waals surface area contributed by atoms with Gasteiger partial charge in [0.1, 0.15) is 0 Å². The molecule has 1 aromatic heterocycles. The highest BCUT2D eigenvalue weighted by Crippen LogP contribution is 2.24. The number of nitro benzene ring substituents is 1. The molecule has 1 aliphatic rings. The van der Waals surface area contributed by atoms with E-state index in [1.54, 1.807) is 11.0 Å². The molecule has 0 radical (unpaired) electrons. The van der Waals surface area contributed by atoms with Gasteiger partial charge in [-0.2, -0.15) is 0 Å². The lowest BCUT2D eigenvalue weighted by atomic mass is 9.90. The number of nitrogens with two attached hydrogens (primary N) is 1. The fourth-order valence-corrected chi connectivity index (χ4v) is 3.40. The van der Waals surface area contributed by atoms with Gasteiger partial charge in [0.25, 0.3) is 11.6 Å². The zero-order valence-electron chi connectivity index (χ0n) is 13.6. The Morgan fingerprint density at radius 2 is 2.29 bits per heavy atom. The van der Waals surface area contributed by atoms with Crippen LogP contribution in [0.4, 0.5) is 5.69 Å². The average Bonchev–Trinajstić information content (AvgIpc) is 2.98. The number of nitrogens with one attached hydrogen (secondary N) is 1. The molecule has 128 valence electrons. The van der Waals surface area contributed by atoms with Crippen LogP contribution in [0.2, 0.25) is 0 Å². The van der Waals surface area contributed by atoms with Crippen molar-refractivity contribution in [2.75, 3.05) is 6.54 Å². The number of fused-ring (bicyclic) bond motifs is 1. The number of amides is 1. The summed E-state index contributed by atoms with van der Waals surface area (Å²) in [5, 5.41) is 10.9. The fraction of sp³-hybridized carbons (Fsp3) is 0.500. The lowest BCUT2D eigenvalue weighted by Crippen LogP contribution is -2.45. The number of benzene rings is 1. The molecule has 1 aliphatic carbocycles. The highest BCUT2D eigenvalue weighted by molar-refractivity contribution is 5.94. The van der Waals surface area contributed by atoms with Gasteiger partial charge in [-0.25, -0.2) is 4.98 Å². The van der Waals surface area contributed by atoms with Gasteiger partial charge >= 0.3 is 0 Å². The summed E-state index contributed by atoms with van der Waals surface area (Å²) in [6, 6.07) is 4.58. The van der Waals surface area contributed by atoms with E-state index in [0.717, 1.165) is 25.7 Å². The number of nitrogens with zero attached hydrogens (tertiary/aromatic N) is 3. The first-order valence-electron chi connectivity index (χ1n) is 8.20. The first kappa shape index (κ1) is 16.4. The summed E-state index contributed by atoms with van der Waals surface area (Å²) in [7, 11) is 0. The Labute approximate surface area is 139 Å². The van der Waals surface area contributed by atoms with E-state index in [2.05, 4.69) is 9.97 Å². The molecule has 8 heteroatoms. The van der Waals surface area contributed by atoms with Crippen molar-refractivity contribution >= 4 is 22.6 Å². The second kappa shape index (κ2) is 6.56. The van der Waals surface area contributed by atoms with Crippen LogP contribution in [-0.4, -0.2) is 44.3 Å². The van der Waals surface area contributed by atoms with Crippen molar-refractivity contribution in [1.82, 2.24) is 14.9 Å². The second-order valence-electron chi connectivity index (χ2n) is 6.22. The molecule has 24 heavy (non-hydrogen) atoms. The highest BCUT2D eigenvalue weighted by atomic mass is 16.6. The zero-order chi connectivity index (χ0) is 17.3. The van der Waals surface area contributed by atoms with E-state index in [0.29, 0.717) is 17.6 Å². The van der Waals surface area contributed by atoms with Gasteiger partial charge in [-0.3, -0.25) is 14.9 Å². The summed E-state index contributed by atoms with van der Waals surface area (Å²) in [4.78, 5) is 32.2. The third-order valence-corrected chi connectivity index (χ3v) is 4.61. The average molecular weight is 331 g/mol. The number of hydrogen-bond donors (Lipinski definition) is 2. The van der Waals surface area contributed by atoms with Gasteiger partial charge in [-0.1, -0.05) is 0 Å². The van der Waals surface area contributed by atoms with Crippen molar-refractivity contribution in [1.29, 1.82) is 0 Å². The number of hydrogen-bond acceptors (Lipinski definition) is 5. The molecule has 1 fully saturated rings. The number of nitro groups is 1. The standard InChI is InChI=1S/C16H21N5O3/c1-2-20(11-5-3-4-10(17)8-11)16(22)15-18-13-7-6-12(21(23)24)9-14(13)19-15/h6-7,9-11H,2-5,8,17H2,1H3,(H,18,19)/t10-,11+/m1/s1. The maximum atomic E-state index is 12.8. The van der Waals surface area contributed by atoms with E-state index in [1.807, 2.05) is 6.92 Å². The Morgan fingerprint density at radius 3 is 2.96 bits per heavy atom. The number of aromatic amines is 1. The Bertz CT molecular complexity index is 772. The molecule has 2 atom stereocenters. The van der Waals surface area contributed by atoms with E-state index in [4.69, 9.17) is 5.73 Å². The summed E-state index contributed by atoms with van der Waals surface area (Å²) in [5.41, 5.74) is 7.04. The predicted molar refractivity (Wildman–Crippen MR) is 89.7 cm³/mol. The van der Waals surface area contributed by atoms with Crippen molar-refractivity contribution in [2.24, 2.45) is 5.73 Å². The lowest BCUT2D eigenvalue weighted by Gasteiger charge is -2.35. The molecule has 0 bridgehead atoms. The maximum Gasteiger partial charge on any atom is 0.289 e. The Kier molecular flexibility index (Phi) is 4.48. The van der Waals surface area contributed by atoms with E-state index in [9.17, 15) is 14.9 Å². The normalized spacial score (nSPS) is 20.9. The largest absolute Gasteiger partial charge is 0.334 e. The molecule has 1 saturated carbocycles. The number of carbonyl (C=O) groups is 1. The van der Waals surface area contributed by atoms with Gasteiger partial charge < -0.3 is 15.6 Å². The van der Waals surface area contributed by atoms with Gasteiger partial charge in [0.2, 0.25) is 0 Å². The molecule has 1 heterocycles. The van der Waals surface area contributed by atoms with Crippen LogP contribution in [0.25, 0.3) is 11.0 Å². The van der Waals surface area contributed by atoms with Crippen molar-refractivity contribution in [3.63, 3.8) is 0 Å². The molecular weight excluding hydrogens is 310 g/mol. The van der Waals surface area contributed by atoms with Crippen LogP contribution in [-0.2, 0) is 0 Å². The van der Waals surface area contributed by atoms with E-state index >= 15 is 0 Å². The molecule has 2 aromatic rings. The molecule has 1 aromatic carbocycles. The third kappa shape index (κ3) is 3.09. The minimum absolute atomic E-state index is 0.0317. The quantitative estimate of drug-likeness (QED) is 0.657. The molecule has 3 rings (SSSR count). The summed E-state index contributed by atoms with van der Waals surface area (Å²) in [6.45, 7) is 2.51. The van der Waals surface area contributed by atoms with Gasteiger partial charge in [0.15, 0.2) is 5.82 Å². The molecular formula is C16H21N5O3. The van der Waals surface area contributed by atoms with E-state index in [-0.39, 0.29) is 29.5 Å². The molecule has 0 spiro atoms. The number of H-pyrrole nitrogens is 1. The molecule has 1 amide bonds. The molecule has 0 saturated heterocycles. The van der Waals surface area contributed by atoms with Crippen LogP contribution >= 0.6 is 0 Å². The van der Waals surface area contributed by atoms with Crippen molar-refractivity contribution in [3.8, 4) is 0 Å². The maximum absolute atomic E-state index is 12.8. The van der Waals surface area contributed by atoms with Gasteiger partial charge in [0.05, 0.1) is 16.0 Å². The summed E-state index contributed by atoms with van der Waals surface area (Å²) in [5.74, 6) is 0.0296. The van der Waals surface area contributed by atoms with Crippen LogP contribution < -0.4 is 5.73 Å². The summed E-state index contributed by atoms with van der Waals surface area (Å²) < 4.78 is 0. The molecule has 0 aliphatic heterocycles. The molecule has 0 unspecified atom stereocenters. The van der Waals surface area contributed by atoms with Crippen LogP contribution in [0.5, 0.6) is 0 Å². The Hall–Kier alpha value is -2.48. The van der Waals surface area contributed by atoms with Crippen molar-refractivity contribution in [3.05, 3.63) is 34.1 Å². The smallest absolute Gasteiger partial charge is 0.289 e. The monoisotopic (exact) mass is 331 g/mol. The van der Waals surface area contributed by atoms with Crippen molar-refractivity contribution in [2.45, 2.75) is 44.7 Å². The Balaban J connectivity index is 1.87. The molecule has 3 N–H and O–H groups in total. The molecule has 8 nitrogen and oxygen atoms in total. The van der Waals surface area contributed by atoms with Crippen LogP contribution in [0.1, 0.15) is 43.2 Å². The topological polar surface area (TPSA) is 118 Å². The van der Waals surface area contributed by atoms with E-state index < -0.39 is 4.92 Å². The minimum atomic E-state index is -0.469. The number of non-ortho nitro benzene ring substituents is 1. The predicted octanol–water partition coefficient (Wildman–Crippen LogP) is 2.20. The second-order valence-corrected chi connectivity index (χ2v) is 6.22. The Morgan fingerprint density at radius 1 is 1.50 bits per heavy atom. The number of rotatable bonds is 4. The summed E-state index contributed by atoms with van der Waals surface area (Å²) >= 11 is 0. The van der Waals surface area contributed by atoms with Crippen molar-refractivity contribution < 1.29 is 9.72 Å². The van der Waals surface area contributed by atoms with Gasteiger partial charge in [0, 0.05) is 30.8 Å². The number of aromatic nitrogens is 2. The lowest BCUT2D eigenvalue weighted by molar-refractivity contribution is -0.384. The van der Waals surface area contributed by atoms with E-state index in [1.165, 1.54) is 12.1 Å². The number of carbonyl (C=O) groups excluding carboxylic acids is 1. The van der Waals surface area contributed by atoms with Crippen LogP contribution in [0, 0.1) is 10.1 Å². The first-order valence-corrected chi connectivity index (χ1v) is 8.20. The first-order chi connectivity index (χ1) is 11.5. The van der Waals surface area contributed by atoms with Gasteiger partial charge in [-0.15, -0.1) is 0 Å². The zero-order valence-corrected chi connectivity index (χ0v) is 13.6. The van der Waals surface area contributed by atoms with Crippen LogP contribution in [0.3, 0.4) is 0 Å². The summed E-state index contributed by atoms with van der Waals surface area (Å²) in [6.07, 6.45) is 3.75. The van der Waals surface area contributed by atoms with Crippen LogP contribution in [0.15, 0.2) is 18.2 Å². The fourth-order valence-electron chi connectivity index (χ4n) is 3.40. The third-order valence-electron chi connectivity index (χ3n) is 4.61.